The Kier molecular flexibility index (Phi) is 4.00. The SMILES string of the molecule is CC1(C(=O)N2CCCCCC2)Oc2ccc(Cl)cc2NC1=O. The number of benzene rings is 1. The summed E-state index contributed by atoms with van der Waals surface area (Å²) in [6.07, 6.45) is 4.18. The zero-order chi connectivity index (χ0) is 15.7. The van der Waals surface area contributed by atoms with Gasteiger partial charge in [0.1, 0.15) is 5.75 Å². The molecule has 1 atom stereocenters. The van der Waals surface area contributed by atoms with E-state index in [-0.39, 0.29) is 5.91 Å². The van der Waals surface area contributed by atoms with Crippen molar-refractivity contribution in [2.45, 2.75) is 38.2 Å². The van der Waals surface area contributed by atoms with E-state index in [9.17, 15) is 9.59 Å². The summed E-state index contributed by atoms with van der Waals surface area (Å²) in [6, 6.07) is 4.96. The lowest BCUT2D eigenvalue weighted by atomic mass is 10.0. The number of ether oxygens (including phenoxy) is 1. The number of nitrogens with zero attached hydrogens (tertiary/aromatic N) is 1. The molecule has 2 heterocycles. The molecule has 1 unspecified atom stereocenters. The quantitative estimate of drug-likeness (QED) is 0.809. The number of hydrogen-bond donors (Lipinski definition) is 1. The summed E-state index contributed by atoms with van der Waals surface area (Å²) in [6.45, 7) is 2.89. The summed E-state index contributed by atoms with van der Waals surface area (Å²) < 4.78 is 5.78. The Balaban J connectivity index is 1.87. The number of fused-ring (bicyclic) bond motifs is 1. The molecule has 22 heavy (non-hydrogen) atoms. The number of carbonyl (C=O) groups is 2. The molecule has 0 bridgehead atoms. The maximum absolute atomic E-state index is 12.8. The predicted octanol–water partition coefficient (Wildman–Crippen LogP) is 2.83. The van der Waals surface area contributed by atoms with Gasteiger partial charge in [-0.05, 0) is 38.0 Å². The van der Waals surface area contributed by atoms with Gasteiger partial charge in [0.05, 0.1) is 5.69 Å². The number of rotatable bonds is 1. The summed E-state index contributed by atoms with van der Waals surface area (Å²) in [5.74, 6) is -0.251. The number of amides is 2. The Morgan fingerprint density at radius 1 is 1.27 bits per heavy atom. The van der Waals surface area contributed by atoms with Gasteiger partial charge in [0.2, 0.25) is 0 Å². The molecule has 1 aromatic rings. The van der Waals surface area contributed by atoms with E-state index in [1.165, 1.54) is 6.92 Å². The number of halogens is 1. The lowest BCUT2D eigenvalue weighted by molar-refractivity contribution is -0.154. The number of anilines is 1. The van der Waals surface area contributed by atoms with Crippen LogP contribution in [0.25, 0.3) is 0 Å². The number of likely N-dealkylation sites (tertiary alicyclic amines) is 1. The van der Waals surface area contributed by atoms with Crippen LogP contribution >= 0.6 is 11.6 Å². The van der Waals surface area contributed by atoms with Crippen LogP contribution in [-0.4, -0.2) is 35.4 Å². The normalized spacial score (nSPS) is 24.8. The number of carbonyl (C=O) groups excluding carboxylic acids is 2. The summed E-state index contributed by atoms with van der Waals surface area (Å²) in [7, 11) is 0. The van der Waals surface area contributed by atoms with Gasteiger partial charge in [0.15, 0.2) is 0 Å². The molecule has 0 saturated carbocycles. The average molecular weight is 323 g/mol. The van der Waals surface area contributed by atoms with Gasteiger partial charge in [-0.1, -0.05) is 24.4 Å². The predicted molar refractivity (Wildman–Crippen MR) is 84.2 cm³/mol. The lowest BCUT2D eigenvalue weighted by Gasteiger charge is -2.36. The van der Waals surface area contributed by atoms with E-state index >= 15 is 0 Å². The van der Waals surface area contributed by atoms with Crippen LogP contribution < -0.4 is 10.1 Å². The van der Waals surface area contributed by atoms with E-state index < -0.39 is 11.5 Å². The fourth-order valence-electron chi connectivity index (χ4n) is 2.91. The Morgan fingerprint density at radius 3 is 2.64 bits per heavy atom. The zero-order valence-electron chi connectivity index (χ0n) is 12.5. The van der Waals surface area contributed by atoms with E-state index in [2.05, 4.69) is 5.32 Å². The molecule has 2 aliphatic heterocycles. The van der Waals surface area contributed by atoms with E-state index in [1.807, 2.05) is 0 Å². The summed E-state index contributed by atoms with van der Waals surface area (Å²) >= 11 is 5.92. The Morgan fingerprint density at radius 2 is 1.95 bits per heavy atom. The second-order valence-electron chi connectivity index (χ2n) is 5.94. The lowest BCUT2D eigenvalue weighted by Crippen LogP contribution is -2.59. The van der Waals surface area contributed by atoms with Crippen LogP contribution in [0, 0.1) is 0 Å². The molecule has 0 spiro atoms. The van der Waals surface area contributed by atoms with Gasteiger partial charge in [-0.3, -0.25) is 9.59 Å². The van der Waals surface area contributed by atoms with E-state index in [4.69, 9.17) is 16.3 Å². The fraction of sp³-hybridized carbons (Fsp3) is 0.500. The average Bonchev–Trinajstić information content (AvgIpc) is 2.77. The van der Waals surface area contributed by atoms with Gasteiger partial charge in [0, 0.05) is 18.1 Å². The summed E-state index contributed by atoms with van der Waals surface area (Å²) in [5, 5.41) is 3.24. The van der Waals surface area contributed by atoms with Crippen molar-refractivity contribution in [2.24, 2.45) is 0 Å². The summed E-state index contributed by atoms with van der Waals surface area (Å²) in [4.78, 5) is 27.0. The molecule has 1 N–H and O–H groups in total. The second-order valence-corrected chi connectivity index (χ2v) is 6.37. The van der Waals surface area contributed by atoms with Crippen LogP contribution in [-0.2, 0) is 9.59 Å². The van der Waals surface area contributed by atoms with Crippen molar-refractivity contribution in [3.8, 4) is 5.75 Å². The topological polar surface area (TPSA) is 58.6 Å². The standard InChI is InChI=1S/C16H19ClN2O3/c1-16(15(21)19-8-4-2-3-5-9-19)14(20)18-12-10-11(17)6-7-13(12)22-16/h6-7,10H,2-5,8-9H2,1H3,(H,18,20). The maximum Gasteiger partial charge on any atom is 0.278 e. The van der Waals surface area contributed by atoms with Crippen LogP contribution in [0.1, 0.15) is 32.6 Å². The van der Waals surface area contributed by atoms with Gasteiger partial charge >= 0.3 is 0 Å². The zero-order valence-corrected chi connectivity index (χ0v) is 13.3. The first-order valence-corrected chi connectivity index (χ1v) is 7.98. The van der Waals surface area contributed by atoms with Crippen LogP contribution in [0.15, 0.2) is 18.2 Å². The van der Waals surface area contributed by atoms with Crippen LogP contribution in [0.2, 0.25) is 5.02 Å². The molecule has 0 aliphatic carbocycles. The van der Waals surface area contributed by atoms with Crippen LogP contribution in [0.5, 0.6) is 5.75 Å². The molecule has 2 amide bonds. The highest BCUT2D eigenvalue weighted by atomic mass is 35.5. The molecular weight excluding hydrogens is 304 g/mol. The Labute approximate surface area is 134 Å². The van der Waals surface area contributed by atoms with Crippen molar-refractivity contribution in [2.75, 3.05) is 18.4 Å². The monoisotopic (exact) mass is 322 g/mol. The Hall–Kier alpha value is -1.75. The molecule has 0 radical (unpaired) electrons. The smallest absolute Gasteiger partial charge is 0.278 e. The van der Waals surface area contributed by atoms with Crippen LogP contribution in [0.4, 0.5) is 5.69 Å². The minimum absolute atomic E-state index is 0.271. The highest BCUT2D eigenvalue weighted by Crippen LogP contribution is 2.36. The molecule has 3 rings (SSSR count). The molecule has 6 heteroatoms. The largest absolute Gasteiger partial charge is 0.466 e. The van der Waals surface area contributed by atoms with Crippen molar-refractivity contribution in [1.82, 2.24) is 4.90 Å². The second kappa shape index (κ2) is 5.80. The van der Waals surface area contributed by atoms with Crippen molar-refractivity contribution in [1.29, 1.82) is 0 Å². The molecule has 2 aliphatic rings. The highest BCUT2D eigenvalue weighted by Gasteiger charge is 2.49. The highest BCUT2D eigenvalue weighted by molar-refractivity contribution is 6.31. The first kappa shape index (κ1) is 15.2. The maximum atomic E-state index is 12.8. The number of hydrogen-bond acceptors (Lipinski definition) is 3. The third-order valence-electron chi connectivity index (χ3n) is 4.24. The molecule has 118 valence electrons. The minimum Gasteiger partial charge on any atom is -0.466 e. The third-order valence-corrected chi connectivity index (χ3v) is 4.47. The van der Waals surface area contributed by atoms with Crippen molar-refractivity contribution < 1.29 is 14.3 Å². The van der Waals surface area contributed by atoms with Crippen molar-refractivity contribution >= 4 is 29.1 Å². The molecule has 1 aromatic carbocycles. The van der Waals surface area contributed by atoms with Gasteiger partial charge in [-0.25, -0.2) is 0 Å². The molecule has 1 saturated heterocycles. The van der Waals surface area contributed by atoms with Crippen molar-refractivity contribution in [3.05, 3.63) is 23.2 Å². The van der Waals surface area contributed by atoms with Gasteiger partial charge in [-0.15, -0.1) is 0 Å². The van der Waals surface area contributed by atoms with Crippen molar-refractivity contribution in [3.63, 3.8) is 0 Å². The number of nitrogens with one attached hydrogen (secondary N) is 1. The first-order chi connectivity index (χ1) is 10.5. The first-order valence-electron chi connectivity index (χ1n) is 7.60. The minimum atomic E-state index is -1.52. The molecule has 1 fully saturated rings. The molecular formula is C16H19ClN2O3. The van der Waals surface area contributed by atoms with E-state index in [1.54, 1.807) is 23.1 Å². The van der Waals surface area contributed by atoms with Gasteiger partial charge < -0.3 is 15.0 Å². The van der Waals surface area contributed by atoms with E-state index in [0.29, 0.717) is 29.5 Å². The molecule has 0 aromatic heterocycles. The Bertz CT molecular complexity index is 611. The molecule has 5 nitrogen and oxygen atoms in total. The van der Waals surface area contributed by atoms with Gasteiger partial charge in [0.25, 0.3) is 17.4 Å². The summed E-state index contributed by atoms with van der Waals surface area (Å²) in [5.41, 5.74) is -1.02. The fourth-order valence-corrected chi connectivity index (χ4v) is 3.09. The van der Waals surface area contributed by atoms with Crippen LogP contribution in [0.3, 0.4) is 0 Å². The van der Waals surface area contributed by atoms with Gasteiger partial charge in [-0.2, -0.15) is 0 Å². The van der Waals surface area contributed by atoms with E-state index in [0.717, 1.165) is 25.7 Å². The third kappa shape index (κ3) is 2.65.